The molecule has 3 N–H and O–H groups in total. The predicted molar refractivity (Wildman–Crippen MR) is 134 cm³/mol. The molecule has 0 fully saturated rings. The average Bonchev–Trinajstić information content (AvgIpc) is 3.47. The minimum Gasteiger partial charge on any atom is -0.481 e. The molecule has 0 saturated heterocycles. The van der Waals surface area contributed by atoms with Gasteiger partial charge in [-0.2, -0.15) is 0 Å². The molecule has 0 radical (unpaired) electrons. The lowest BCUT2D eigenvalue weighted by atomic mass is 9.98. The van der Waals surface area contributed by atoms with Crippen LogP contribution >= 0.6 is 11.3 Å². The maximum atomic E-state index is 13.1. The molecule has 1 aliphatic carbocycles. The van der Waals surface area contributed by atoms with Crippen LogP contribution in [0.4, 0.5) is 4.79 Å². The van der Waals surface area contributed by atoms with Gasteiger partial charge in [0.2, 0.25) is 5.91 Å². The number of aliphatic carboxylic acids is 1. The SMILES string of the molecule is CC(C)[C@H](CC(=O)O)NC(=O)C(NC(=O)OCC1c2ccccc2-c2ccccc21)c1cccs1. The molecule has 0 saturated carbocycles. The van der Waals surface area contributed by atoms with Crippen molar-refractivity contribution in [2.45, 2.75) is 38.3 Å². The van der Waals surface area contributed by atoms with Gasteiger partial charge in [0.15, 0.2) is 0 Å². The van der Waals surface area contributed by atoms with Gasteiger partial charge in [-0.05, 0) is 39.6 Å². The number of carboxylic acids is 1. The van der Waals surface area contributed by atoms with E-state index in [1.165, 1.54) is 11.3 Å². The number of carbonyl (C=O) groups excluding carboxylic acids is 2. The Hall–Kier alpha value is -3.65. The Kier molecular flexibility index (Phi) is 7.51. The van der Waals surface area contributed by atoms with E-state index in [0.717, 1.165) is 22.3 Å². The quantitative estimate of drug-likeness (QED) is 0.392. The van der Waals surface area contributed by atoms with Gasteiger partial charge in [-0.25, -0.2) is 4.79 Å². The van der Waals surface area contributed by atoms with Crippen LogP contribution in [0.5, 0.6) is 0 Å². The zero-order chi connectivity index (χ0) is 24.9. The van der Waals surface area contributed by atoms with Crippen LogP contribution in [-0.4, -0.2) is 35.7 Å². The van der Waals surface area contributed by atoms with Crippen LogP contribution in [0.2, 0.25) is 0 Å². The van der Waals surface area contributed by atoms with Crippen molar-refractivity contribution in [2.75, 3.05) is 6.61 Å². The monoisotopic (exact) mass is 492 g/mol. The Morgan fingerprint density at radius 2 is 1.57 bits per heavy atom. The van der Waals surface area contributed by atoms with Crippen molar-refractivity contribution in [3.63, 3.8) is 0 Å². The molecule has 0 aliphatic heterocycles. The average molecular weight is 493 g/mol. The van der Waals surface area contributed by atoms with Crippen molar-refractivity contribution in [2.24, 2.45) is 5.92 Å². The summed E-state index contributed by atoms with van der Waals surface area (Å²) in [5, 5.41) is 16.5. The fourth-order valence-corrected chi connectivity index (χ4v) is 5.16. The molecule has 2 atom stereocenters. The standard InChI is InChI=1S/C27H28N2O5S/c1-16(2)22(14-24(30)31)28-26(32)25(23-12-7-13-35-23)29-27(33)34-15-21-19-10-5-3-8-17(19)18-9-4-6-11-20(18)21/h3-13,16,21-22,25H,14-15H2,1-2H3,(H,28,32)(H,29,33)(H,30,31)/t22-,25?/m0/s1. The molecule has 182 valence electrons. The zero-order valence-corrected chi connectivity index (χ0v) is 20.4. The molecule has 0 bridgehead atoms. The number of carboxylic acid groups (broad SMARTS) is 1. The lowest BCUT2D eigenvalue weighted by Crippen LogP contribution is -2.46. The number of rotatable bonds is 9. The summed E-state index contributed by atoms with van der Waals surface area (Å²) < 4.78 is 5.62. The van der Waals surface area contributed by atoms with Crippen molar-refractivity contribution in [3.05, 3.63) is 82.0 Å². The summed E-state index contributed by atoms with van der Waals surface area (Å²) in [7, 11) is 0. The van der Waals surface area contributed by atoms with E-state index in [4.69, 9.17) is 4.74 Å². The lowest BCUT2D eigenvalue weighted by Gasteiger charge is -2.24. The molecule has 2 aromatic carbocycles. The van der Waals surface area contributed by atoms with Gasteiger partial charge in [-0.15, -0.1) is 11.3 Å². The van der Waals surface area contributed by atoms with Gasteiger partial charge in [0.05, 0.1) is 6.42 Å². The fourth-order valence-electron chi connectivity index (χ4n) is 4.39. The number of benzene rings is 2. The first-order chi connectivity index (χ1) is 16.8. The summed E-state index contributed by atoms with van der Waals surface area (Å²) in [5.41, 5.74) is 4.46. The van der Waals surface area contributed by atoms with E-state index in [2.05, 4.69) is 22.8 Å². The second kappa shape index (κ2) is 10.7. The highest BCUT2D eigenvalue weighted by atomic mass is 32.1. The second-order valence-corrected chi connectivity index (χ2v) is 9.85. The molecule has 8 heteroatoms. The van der Waals surface area contributed by atoms with Gasteiger partial charge >= 0.3 is 12.1 Å². The highest BCUT2D eigenvalue weighted by Crippen LogP contribution is 2.44. The zero-order valence-electron chi connectivity index (χ0n) is 19.6. The number of amides is 2. The molecule has 0 spiro atoms. The maximum Gasteiger partial charge on any atom is 0.408 e. The maximum absolute atomic E-state index is 13.1. The molecule has 1 unspecified atom stereocenters. The highest BCUT2D eigenvalue weighted by Gasteiger charge is 2.31. The van der Waals surface area contributed by atoms with Crippen molar-refractivity contribution >= 4 is 29.3 Å². The first-order valence-electron chi connectivity index (χ1n) is 11.5. The van der Waals surface area contributed by atoms with Gasteiger partial charge in [-0.3, -0.25) is 9.59 Å². The van der Waals surface area contributed by atoms with E-state index >= 15 is 0 Å². The number of hydrogen-bond donors (Lipinski definition) is 3. The number of ether oxygens (including phenoxy) is 1. The van der Waals surface area contributed by atoms with Crippen LogP contribution in [0.3, 0.4) is 0 Å². The Balaban J connectivity index is 1.46. The largest absolute Gasteiger partial charge is 0.481 e. The molecular weight excluding hydrogens is 464 g/mol. The van der Waals surface area contributed by atoms with Crippen LogP contribution in [0.25, 0.3) is 11.1 Å². The van der Waals surface area contributed by atoms with Crippen LogP contribution in [0, 0.1) is 5.92 Å². The topological polar surface area (TPSA) is 105 Å². The normalized spacial score (nSPS) is 14.0. The Morgan fingerprint density at radius 1 is 0.943 bits per heavy atom. The Labute approximate surface area is 208 Å². The van der Waals surface area contributed by atoms with Gasteiger partial charge in [0.25, 0.3) is 0 Å². The Bertz CT molecular complexity index is 1160. The highest BCUT2D eigenvalue weighted by molar-refractivity contribution is 7.10. The number of hydrogen-bond acceptors (Lipinski definition) is 5. The summed E-state index contributed by atoms with van der Waals surface area (Å²) in [4.78, 5) is 37.8. The first kappa shape index (κ1) is 24.5. The van der Waals surface area contributed by atoms with Crippen molar-refractivity contribution in [1.29, 1.82) is 0 Å². The first-order valence-corrected chi connectivity index (χ1v) is 12.4. The number of carbonyl (C=O) groups is 3. The van der Waals surface area contributed by atoms with Gasteiger partial charge in [0.1, 0.15) is 12.6 Å². The van der Waals surface area contributed by atoms with E-state index < -0.39 is 30.1 Å². The van der Waals surface area contributed by atoms with E-state index in [0.29, 0.717) is 4.88 Å². The summed E-state index contributed by atoms with van der Waals surface area (Å²) in [6.45, 7) is 3.81. The smallest absolute Gasteiger partial charge is 0.408 e. The van der Waals surface area contributed by atoms with Crippen LogP contribution in [0.15, 0.2) is 66.0 Å². The summed E-state index contributed by atoms with van der Waals surface area (Å²) in [6, 6.07) is 18.1. The van der Waals surface area contributed by atoms with Gasteiger partial charge < -0.3 is 20.5 Å². The number of nitrogens with one attached hydrogen (secondary N) is 2. The number of thiophene rings is 1. The molecule has 1 aliphatic rings. The third kappa shape index (κ3) is 5.54. The molecule has 1 heterocycles. The van der Waals surface area contributed by atoms with Gasteiger partial charge in [0, 0.05) is 16.8 Å². The fraction of sp³-hybridized carbons (Fsp3) is 0.296. The summed E-state index contributed by atoms with van der Waals surface area (Å²) in [6.07, 6.45) is -0.911. The molecule has 3 aromatic rings. The second-order valence-electron chi connectivity index (χ2n) is 8.88. The molecular formula is C27H28N2O5S. The van der Waals surface area contributed by atoms with Crippen LogP contribution in [-0.2, 0) is 14.3 Å². The number of alkyl carbamates (subject to hydrolysis) is 1. The minimum atomic E-state index is -0.999. The van der Waals surface area contributed by atoms with Crippen molar-refractivity contribution < 1.29 is 24.2 Å². The molecule has 2 amide bonds. The van der Waals surface area contributed by atoms with Gasteiger partial charge in [-0.1, -0.05) is 68.4 Å². The third-order valence-electron chi connectivity index (χ3n) is 6.22. The van der Waals surface area contributed by atoms with E-state index in [9.17, 15) is 19.5 Å². The van der Waals surface area contributed by atoms with E-state index in [1.54, 1.807) is 12.1 Å². The predicted octanol–water partition coefficient (Wildman–Crippen LogP) is 4.94. The van der Waals surface area contributed by atoms with Crippen LogP contribution < -0.4 is 10.6 Å². The Morgan fingerprint density at radius 3 is 2.11 bits per heavy atom. The molecule has 35 heavy (non-hydrogen) atoms. The number of fused-ring (bicyclic) bond motifs is 3. The van der Waals surface area contributed by atoms with Crippen molar-refractivity contribution in [3.8, 4) is 11.1 Å². The summed E-state index contributed by atoms with van der Waals surface area (Å²) in [5.74, 6) is -1.65. The van der Waals surface area contributed by atoms with Crippen molar-refractivity contribution in [1.82, 2.24) is 10.6 Å². The summed E-state index contributed by atoms with van der Waals surface area (Å²) >= 11 is 1.33. The van der Waals surface area contributed by atoms with Crippen LogP contribution in [0.1, 0.15) is 48.2 Å². The van der Waals surface area contributed by atoms with E-state index in [1.807, 2.05) is 55.6 Å². The molecule has 4 rings (SSSR count). The van der Waals surface area contributed by atoms with E-state index in [-0.39, 0.29) is 24.9 Å². The minimum absolute atomic E-state index is 0.0894. The molecule has 7 nitrogen and oxygen atoms in total. The lowest BCUT2D eigenvalue weighted by molar-refractivity contribution is -0.138. The third-order valence-corrected chi connectivity index (χ3v) is 7.16. The molecule has 1 aromatic heterocycles.